The molecule has 40 heavy (non-hydrogen) atoms. The predicted octanol–water partition coefficient (Wildman–Crippen LogP) is 4.71. The van der Waals surface area contributed by atoms with Crippen LogP contribution in [-0.4, -0.2) is 67.0 Å². The summed E-state index contributed by atoms with van der Waals surface area (Å²) in [5, 5.41) is 0. The second-order valence-electron chi connectivity index (χ2n) is 10.1. The van der Waals surface area contributed by atoms with Crippen molar-refractivity contribution in [2.75, 3.05) is 45.3 Å². The molecule has 0 saturated heterocycles. The number of carbonyl (C=O) groups is 2. The normalized spacial score (nSPS) is 15.0. The summed E-state index contributed by atoms with van der Waals surface area (Å²) in [7, 11) is 3.23. The van der Waals surface area contributed by atoms with Gasteiger partial charge in [0.05, 0.1) is 14.2 Å². The maximum Gasteiger partial charge on any atom is 0.223 e. The molecule has 8 nitrogen and oxygen atoms in total. The molecule has 2 amide bonds. The highest BCUT2D eigenvalue weighted by molar-refractivity contribution is 5.92. The average molecular weight is 545 g/mol. The van der Waals surface area contributed by atoms with E-state index in [9.17, 15) is 9.59 Å². The summed E-state index contributed by atoms with van der Waals surface area (Å²) in [6, 6.07) is 17.8. The minimum absolute atomic E-state index is 0.00893. The molecule has 1 aliphatic heterocycles. The third kappa shape index (κ3) is 7.82. The van der Waals surface area contributed by atoms with Gasteiger partial charge < -0.3 is 19.3 Å². The van der Waals surface area contributed by atoms with Crippen LogP contribution in [0.3, 0.4) is 0 Å². The number of aryl methyl sites for hydroxylation is 1. The number of anilines is 1. The number of para-hydroxylation sites is 1. The lowest BCUT2D eigenvalue weighted by Gasteiger charge is -2.31. The third-order valence-corrected chi connectivity index (χ3v) is 7.34. The maximum atomic E-state index is 13.6. The van der Waals surface area contributed by atoms with Gasteiger partial charge in [0.2, 0.25) is 11.8 Å². The van der Waals surface area contributed by atoms with Gasteiger partial charge in [-0.05, 0) is 60.2 Å². The van der Waals surface area contributed by atoms with E-state index in [1.807, 2.05) is 64.5 Å². The molecule has 0 saturated carbocycles. The van der Waals surface area contributed by atoms with E-state index in [0.29, 0.717) is 44.0 Å². The number of aromatic nitrogens is 1. The number of carbonyl (C=O) groups excluding carboxylic acids is 2. The minimum Gasteiger partial charge on any atom is -0.493 e. The van der Waals surface area contributed by atoms with Crippen LogP contribution in [0, 0.1) is 0 Å². The summed E-state index contributed by atoms with van der Waals surface area (Å²) in [5.74, 6) is 1.43. The highest BCUT2D eigenvalue weighted by atomic mass is 16.5. The van der Waals surface area contributed by atoms with Crippen molar-refractivity contribution in [1.29, 1.82) is 0 Å². The summed E-state index contributed by atoms with van der Waals surface area (Å²) in [4.78, 5) is 36.8. The Morgan fingerprint density at radius 2 is 1.65 bits per heavy atom. The Balaban J connectivity index is 1.54. The van der Waals surface area contributed by atoms with Crippen molar-refractivity contribution < 1.29 is 19.1 Å². The SMILES string of the molecule is COc1ccc(CCC(=O)N2CCCN(Cc3cccnc3)CCCN(C(C)=O)c3ccccc3C2)cc1OC. The van der Waals surface area contributed by atoms with Gasteiger partial charge in [-0.25, -0.2) is 0 Å². The number of ether oxygens (including phenoxy) is 2. The van der Waals surface area contributed by atoms with E-state index in [4.69, 9.17) is 9.47 Å². The number of benzene rings is 2. The zero-order valence-corrected chi connectivity index (χ0v) is 23.8. The number of nitrogens with zero attached hydrogens (tertiary/aromatic N) is 4. The molecule has 1 aromatic heterocycles. The van der Waals surface area contributed by atoms with Crippen molar-refractivity contribution in [2.24, 2.45) is 0 Å². The quantitative estimate of drug-likeness (QED) is 0.429. The number of rotatable bonds is 7. The Morgan fingerprint density at radius 3 is 2.38 bits per heavy atom. The van der Waals surface area contributed by atoms with Crippen molar-refractivity contribution in [3.8, 4) is 11.5 Å². The molecule has 0 radical (unpaired) electrons. The molecule has 8 heteroatoms. The van der Waals surface area contributed by atoms with Crippen LogP contribution in [0.2, 0.25) is 0 Å². The van der Waals surface area contributed by atoms with Gasteiger partial charge in [0.1, 0.15) is 0 Å². The Labute approximate surface area is 237 Å². The number of fused-ring (bicyclic) bond motifs is 1. The molecular weight excluding hydrogens is 504 g/mol. The van der Waals surface area contributed by atoms with Gasteiger partial charge in [-0.15, -0.1) is 0 Å². The van der Waals surface area contributed by atoms with Crippen molar-refractivity contribution in [2.45, 2.75) is 45.7 Å². The average Bonchev–Trinajstić information content (AvgIpc) is 2.97. The summed E-state index contributed by atoms with van der Waals surface area (Å²) >= 11 is 0. The zero-order valence-electron chi connectivity index (χ0n) is 23.8. The first kappa shape index (κ1) is 29.1. The maximum absolute atomic E-state index is 13.6. The van der Waals surface area contributed by atoms with Crippen molar-refractivity contribution in [1.82, 2.24) is 14.8 Å². The lowest BCUT2D eigenvalue weighted by atomic mass is 10.1. The molecule has 2 aromatic carbocycles. The molecular formula is C32H40N4O4. The molecule has 3 aromatic rings. The summed E-state index contributed by atoms with van der Waals surface area (Å²) in [6.07, 6.45) is 6.40. The van der Waals surface area contributed by atoms with Crippen LogP contribution >= 0.6 is 0 Å². The second-order valence-corrected chi connectivity index (χ2v) is 10.1. The standard InChI is InChI=1S/C32H40N4O4/c1-25(37)36-20-8-18-34(23-27-9-6-16-33-22-27)17-7-19-35(24-28-10-4-5-11-29(28)36)32(38)15-13-26-12-14-30(39-2)31(21-26)40-3/h4-6,9-12,14,16,21-22H,7-8,13,15,17-20,23-24H2,1-3H3. The number of pyridine rings is 1. The fourth-order valence-electron chi connectivity index (χ4n) is 5.26. The fraction of sp³-hybridized carbons (Fsp3) is 0.406. The zero-order chi connectivity index (χ0) is 28.3. The van der Waals surface area contributed by atoms with Crippen LogP contribution in [-0.2, 0) is 29.1 Å². The molecule has 0 fully saturated rings. The molecule has 212 valence electrons. The molecule has 2 heterocycles. The highest BCUT2D eigenvalue weighted by Crippen LogP contribution is 2.28. The highest BCUT2D eigenvalue weighted by Gasteiger charge is 2.21. The van der Waals surface area contributed by atoms with Gasteiger partial charge in [-0.2, -0.15) is 0 Å². The first-order valence-electron chi connectivity index (χ1n) is 13.9. The number of methoxy groups -OCH3 is 2. The van der Waals surface area contributed by atoms with E-state index in [0.717, 1.165) is 54.9 Å². The lowest BCUT2D eigenvalue weighted by Crippen LogP contribution is -2.38. The number of hydrogen-bond acceptors (Lipinski definition) is 6. The van der Waals surface area contributed by atoms with E-state index in [1.54, 1.807) is 27.3 Å². The van der Waals surface area contributed by atoms with Gasteiger partial charge in [-0.1, -0.05) is 30.3 Å². The first-order valence-corrected chi connectivity index (χ1v) is 13.9. The van der Waals surface area contributed by atoms with Gasteiger partial charge in [0, 0.05) is 70.7 Å². The van der Waals surface area contributed by atoms with Crippen molar-refractivity contribution >= 4 is 17.5 Å². The summed E-state index contributed by atoms with van der Waals surface area (Å²) in [6.45, 7) is 5.85. The van der Waals surface area contributed by atoms with Crippen molar-refractivity contribution in [3.05, 3.63) is 83.7 Å². The van der Waals surface area contributed by atoms with E-state index in [1.165, 1.54) is 0 Å². The molecule has 0 atom stereocenters. The predicted molar refractivity (Wildman–Crippen MR) is 157 cm³/mol. The van der Waals surface area contributed by atoms with Crippen LogP contribution in [0.4, 0.5) is 5.69 Å². The third-order valence-electron chi connectivity index (χ3n) is 7.34. The van der Waals surface area contributed by atoms with Gasteiger partial charge in [0.25, 0.3) is 0 Å². The van der Waals surface area contributed by atoms with E-state index in [2.05, 4.69) is 16.0 Å². The molecule has 0 bridgehead atoms. The van der Waals surface area contributed by atoms with Crippen LogP contribution in [0.15, 0.2) is 67.0 Å². The van der Waals surface area contributed by atoms with Crippen LogP contribution in [0.25, 0.3) is 0 Å². The smallest absolute Gasteiger partial charge is 0.223 e. The Bertz CT molecular complexity index is 1270. The Hall–Kier alpha value is -3.91. The fourth-order valence-corrected chi connectivity index (χ4v) is 5.26. The van der Waals surface area contributed by atoms with Gasteiger partial charge >= 0.3 is 0 Å². The van der Waals surface area contributed by atoms with Crippen LogP contribution in [0.5, 0.6) is 11.5 Å². The van der Waals surface area contributed by atoms with Crippen LogP contribution in [0.1, 0.15) is 42.9 Å². The number of hydrogen-bond donors (Lipinski definition) is 0. The molecule has 0 unspecified atom stereocenters. The molecule has 0 aliphatic carbocycles. The molecule has 1 aliphatic rings. The minimum atomic E-state index is 0.00893. The topological polar surface area (TPSA) is 75.2 Å². The van der Waals surface area contributed by atoms with Gasteiger partial charge in [0.15, 0.2) is 11.5 Å². The monoisotopic (exact) mass is 544 g/mol. The summed E-state index contributed by atoms with van der Waals surface area (Å²) < 4.78 is 10.8. The molecule has 4 rings (SSSR count). The van der Waals surface area contributed by atoms with Crippen molar-refractivity contribution in [3.63, 3.8) is 0 Å². The largest absolute Gasteiger partial charge is 0.493 e. The van der Waals surface area contributed by atoms with E-state index in [-0.39, 0.29) is 11.8 Å². The summed E-state index contributed by atoms with van der Waals surface area (Å²) in [5.41, 5.74) is 4.05. The lowest BCUT2D eigenvalue weighted by molar-refractivity contribution is -0.131. The van der Waals surface area contributed by atoms with E-state index < -0.39 is 0 Å². The first-order chi connectivity index (χ1) is 19.5. The van der Waals surface area contributed by atoms with E-state index >= 15 is 0 Å². The Kier molecular flexibility index (Phi) is 10.5. The Morgan fingerprint density at radius 1 is 0.875 bits per heavy atom. The molecule has 0 spiro atoms. The molecule has 0 N–H and O–H groups in total. The number of amides is 2. The van der Waals surface area contributed by atoms with Gasteiger partial charge in [-0.3, -0.25) is 19.5 Å². The second kappa shape index (κ2) is 14.5. The van der Waals surface area contributed by atoms with Crippen LogP contribution < -0.4 is 14.4 Å².